The van der Waals surface area contributed by atoms with Crippen molar-refractivity contribution in [1.82, 2.24) is 15.3 Å². The Morgan fingerprint density at radius 1 is 1.14 bits per heavy atom. The van der Waals surface area contributed by atoms with Crippen molar-refractivity contribution in [3.8, 4) is 11.8 Å². The number of hydrogen-bond acceptors (Lipinski definition) is 3. The van der Waals surface area contributed by atoms with Gasteiger partial charge in [-0.3, -0.25) is 4.79 Å². The molecule has 0 saturated carbocycles. The first-order valence-electron chi connectivity index (χ1n) is 6.41. The maximum absolute atomic E-state index is 11.0. The van der Waals surface area contributed by atoms with E-state index in [-0.39, 0.29) is 17.2 Å². The highest BCUT2D eigenvalue weighted by molar-refractivity contribution is 6.28. The van der Waals surface area contributed by atoms with Gasteiger partial charge in [0.1, 0.15) is 0 Å². The Labute approximate surface area is 128 Å². The summed E-state index contributed by atoms with van der Waals surface area (Å²) in [4.78, 5) is 18.8. The number of hydrogen-bond donors (Lipinski definition) is 1. The van der Waals surface area contributed by atoms with Crippen LogP contribution in [0.2, 0.25) is 5.28 Å². The fourth-order valence-electron chi connectivity index (χ4n) is 1.76. The Kier molecular flexibility index (Phi) is 4.91. The van der Waals surface area contributed by atoms with Gasteiger partial charge in [-0.15, -0.1) is 0 Å². The van der Waals surface area contributed by atoms with Crippen molar-refractivity contribution in [1.29, 1.82) is 0 Å². The van der Waals surface area contributed by atoms with Crippen LogP contribution in [-0.2, 0) is 4.79 Å². The molecule has 0 saturated heterocycles. The predicted molar refractivity (Wildman–Crippen MR) is 81.7 cm³/mol. The first-order valence-corrected chi connectivity index (χ1v) is 6.79. The second-order valence-electron chi connectivity index (χ2n) is 4.53. The topological polar surface area (TPSA) is 54.9 Å². The molecule has 21 heavy (non-hydrogen) atoms. The largest absolute Gasteiger partial charge is 0.350 e. The van der Waals surface area contributed by atoms with Crippen molar-refractivity contribution in [2.45, 2.75) is 19.9 Å². The Balaban J connectivity index is 2.09. The highest BCUT2D eigenvalue weighted by Crippen LogP contribution is 2.13. The number of carbonyl (C=O) groups is 1. The van der Waals surface area contributed by atoms with Crippen LogP contribution >= 0.6 is 11.6 Å². The molecule has 1 heterocycles. The lowest BCUT2D eigenvalue weighted by Gasteiger charge is -2.12. The third-order valence-corrected chi connectivity index (χ3v) is 3.00. The lowest BCUT2D eigenvalue weighted by molar-refractivity contribution is -0.119. The molecule has 0 bridgehead atoms. The van der Waals surface area contributed by atoms with Gasteiger partial charge in [0, 0.05) is 24.9 Å². The molecular formula is C16H14ClN3O. The third-order valence-electron chi connectivity index (χ3n) is 2.80. The van der Waals surface area contributed by atoms with Gasteiger partial charge in [0.2, 0.25) is 11.2 Å². The molecule has 4 nitrogen and oxygen atoms in total. The number of benzene rings is 1. The number of amides is 1. The average molecular weight is 300 g/mol. The molecule has 106 valence electrons. The lowest BCUT2D eigenvalue weighted by Crippen LogP contribution is -2.23. The normalized spacial score (nSPS) is 11.2. The smallest absolute Gasteiger partial charge is 0.222 e. The number of aromatic nitrogens is 2. The van der Waals surface area contributed by atoms with Gasteiger partial charge in [-0.1, -0.05) is 24.0 Å². The van der Waals surface area contributed by atoms with Crippen molar-refractivity contribution in [3.05, 3.63) is 58.6 Å². The minimum atomic E-state index is -0.0471. The molecule has 0 radical (unpaired) electrons. The highest BCUT2D eigenvalue weighted by Gasteiger charge is 2.05. The molecule has 1 amide bonds. The van der Waals surface area contributed by atoms with Gasteiger partial charge in [0.05, 0.1) is 11.6 Å². The van der Waals surface area contributed by atoms with E-state index in [1.54, 1.807) is 12.4 Å². The SMILES string of the molecule is CC(=O)N[C@@H](C)c1ccc(C#Cc2cnc(Cl)nc2)cc1. The first kappa shape index (κ1) is 15.0. The second kappa shape index (κ2) is 6.87. The summed E-state index contributed by atoms with van der Waals surface area (Å²) in [6, 6.07) is 7.70. The second-order valence-corrected chi connectivity index (χ2v) is 4.87. The summed E-state index contributed by atoms with van der Waals surface area (Å²) >= 11 is 5.61. The van der Waals surface area contributed by atoms with E-state index in [4.69, 9.17) is 11.6 Å². The van der Waals surface area contributed by atoms with Crippen molar-refractivity contribution in [2.24, 2.45) is 0 Å². The average Bonchev–Trinajstić information content (AvgIpc) is 2.46. The van der Waals surface area contributed by atoms with Crippen molar-refractivity contribution >= 4 is 17.5 Å². The summed E-state index contributed by atoms with van der Waals surface area (Å²) in [6.45, 7) is 3.44. The maximum atomic E-state index is 11.0. The Bertz CT molecular complexity index is 684. The highest BCUT2D eigenvalue weighted by atomic mass is 35.5. The molecular weight excluding hydrogens is 286 g/mol. The molecule has 2 aromatic rings. The Morgan fingerprint density at radius 2 is 1.71 bits per heavy atom. The van der Waals surface area contributed by atoms with E-state index in [1.807, 2.05) is 31.2 Å². The van der Waals surface area contributed by atoms with E-state index in [2.05, 4.69) is 27.1 Å². The van der Waals surface area contributed by atoms with Crippen molar-refractivity contribution in [2.75, 3.05) is 0 Å². The molecule has 0 spiro atoms. The Hall–Kier alpha value is -2.38. The summed E-state index contributed by atoms with van der Waals surface area (Å²) in [6.07, 6.45) is 3.16. The molecule has 0 aliphatic rings. The standard InChI is InChI=1S/C16H14ClN3O/c1-11(20-12(2)21)15-7-5-13(6-8-15)3-4-14-9-18-16(17)19-10-14/h5-11H,1-2H3,(H,20,21)/t11-/m0/s1. The van der Waals surface area contributed by atoms with Gasteiger partial charge < -0.3 is 5.32 Å². The van der Waals surface area contributed by atoms with Crippen LogP contribution in [0, 0.1) is 11.8 Å². The molecule has 1 aromatic carbocycles. The van der Waals surface area contributed by atoms with Crippen LogP contribution in [0.1, 0.15) is 36.6 Å². The molecule has 1 atom stereocenters. The van der Waals surface area contributed by atoms with Crippen LogP contribution in [0.3, 0.4) is 0 Å². The number of carbonyl (C=O) groups excluding carboxylic acids is 1. The fourth-order valence-corrected chi connectivity index (χ4v) is 1.86. The van der Waals surface area contributed by atoms with Crippen LogP contribution in [0.5, 0.6) is 0 Å². The zero-order chi connectivity index (χ0) is 15.2. The van der Waals surface area contributed by atoms with Crippen LogP contribution in [0.25, 0.3) is 0 Å². The molecule has 2 rings (SSSR count). The van der Waals surface area contributed by atoms with Gasteiger partial charge in [-0.2, -0.15) is 0 Å². The lowest BCUT2D eigenvalue weighted by atomic mass is 10.1. The van der Waals surface area contributed by atoms with E-state index in [1.165, 1.54) is 6.92 Å². The summed E-state index contributed by atoms with van der Waals surface area (Å²) in [7, 11) is 0. The minimum Gasteiger partial charge on any atom is -0.350 e. The summed E-state index contributed by atoms with van der Waals surface area (Å²) in [5.41, 5.74) is 2.62. The van der Waals surface area contributed by atoms with E-state index in [0.29, 0.717) is 5.56 Å². The van der Waals surface area contributed by atoms with Crippen molar-refractivity contribution in [3.63, 3.8) is 0 Å². The maximum Gasteiger partial charge on any atom is 0.222 e. The Morgan fingerprint density at radius 3 is 2.29 bits per heavy atom. The zero-order valence-electron chi connectivity index (χ0n) is 11.7. The van der Waals surface area contributed by atoms with E-state index >= 15 is 0 Å². The third kappa shape index (κ3) is 4.59. The van der Waals surface area contributed by atoms with Gasteiger partial charge in [0.15, 0.2) is 0 Å². The molecule has 1 N–H and O–H groups in total. The van der Waals surface area contributed by atoms with Gasteiger partial charge >= 0.3 is 0 Å². The molecule has 0 aliphatic carbocycles. The van der Waals surface area contributed by atoms with Crippen LogP contribution in [0.4, 0.5) is 0 Å². The summed E-state index contributed by atoms with van der Waals surface area (Å²) in [5, 5.41) is 3.04. The van der Waals surface area contributed by atoms with E-state index in [0.717, 1.165) is 11.1 Å². The van der Waals surface area contributed by atoms with E-state index < -0.39 is 0 Å². The van der Waals surface area contributed by atoms with Crippen LogP contribution < -0.4 is 5.32 Å². The summed E-state index contributed by atoms with van der Waals surface area (Å²) in [5.74, 6) is 5.95. The first-order chi connectivity index (χ1) is 10.0. The van der Waals surface area contributed by atoms with Gasteiger partial charge in [-0.05, 0) is 36.2 Å². The molecule has 5 heteroatoms. The molecule has 0 aliphatic heterocycles. The molecule has 0 fully saturated rings. The quantitative estimate of drug-likeness (QED) is 0.685. The van der Waals surface area contributed by atoms with Crippen molar-refractivity contribution < 1.29 is 4.79 Å². The number of rotatable bonds is 2. The van der Waals surface area contributed by atoms with Crippen LogP contribution in [0.15, 0.2) is 36.7 Å². The number of nitrogens with zero attached hydrogens (tertiary/aromatic N) is 2. The minimum absolute atomic E-state index is 0.0193. The van der Waals surface area contributed by atoms with Gasteiger partial charge in [0.25, 0.3) is 0 Å². The molecule has 0 unspecified atom stereocenters. The number of halogens is 1. The molecule has 1 aromatic heterocycles. The summed E-state index contributed by atoms with van der Waals surface area (Å²) < 4.78 is 0. The van der Waals surface area contributed by atoms with E-state index in [9.17, 15) is 4.79 Å². The van der Waals surface area contributed by atoms with Gasteiger partial charge in [-0.25, -0.2) is 9.97 Å². The monoisotopic (exact) mass is 299 g/mol. The fraction of sp³-hybridized carbons (Fsp3) is 0.188. The predicted octanol–water partition coefficient (Wildman–Crippen LogP) is 2.73. The van der Waals surface area contributed by atoms with Crippen LogP contribution in [-0.4, -0.2) is 15.9 Å². The zero-order valence-corrected chi connectivity index (χ0v) is 12.5. The number of nitrogens with one attached hydrogen (secondary N) is 1.